The zero-order valence-corrected chi connectivity index (χ0v) is 16.3. The Hall–Kier alpha value is -2.39. The molecule has 27 heavy (non-hydrogen) atoms. The van der Waals surface area contributed by atoms with Gasteiger partial charge in [0.25, 0.3) is 0 Å². The number of nitrogens with zero attached hydrogens (tertiary/aromatic N) is 2. The molecule has 2 aliphatic rings. The molecule has 0 saturated carbocycles. The Labute approximate surface area is 160 Å². The largest absolute Gasteiger partial charge is 0.374 e. The van der Waals surface area contributed by atoms with Crippen molar-refractivity contribution in [2.75, 3.05) is 18.4 Å². The predicted octanol–water partition coefficient (Wildman–Crippen LogP) is 2.75. The molecule has 2 saturated heterocycles. The van der Waals surface area contributed by atoms with E-state index in [0.29, 0.717) is 24.3 Å². The van der Waals surface area contributed by atoms with Crippen LogP contribution >= 0.6 is 0 Å². The number of hydrogen-bond acceptors (Lipinski definition) is 5. The molecular formula is C21H28N4O2. The number of likely N-dealkylation sites (tertiary alicyclic amines) is 1. The fraction of sp³-hybridized carbons (Fsp3) is 0.571. The molecular weight excluding hydrogens is 340 g/mol. The third-order valence-corrected chi connectivity index (χ3v) is 5.64. The maximum Gasteiger partial charge on any atom is 0.249 e. The van der Waals surface area contributed by atoms with Gasteiger partial charge < -0.3 is 5.32 Å². The van der Waals surface area contributed by atoms with Crippen molar-refractivity contribution in [2.45, 2.75) is 64.0 Å². The SMILES string of the molecule is CC(C)(C)N1CCC(c2ccc(NC3CCC(=O)NC3=O)cc2C#N)CC1. The lowest BCUT2D eigenvalue weighted by molar-refractivity contribution is -0.133. The van der Waals surface area contributed by atoms with E-state index >= 15 is 0 Å². The molecule has 0 aromatic heterocycles. The molecule has 144 valence electrons. The van der Waals surface area contributed by atoms with Gasteiger partial charge in [-0.15, -0.1) is 0 Å². The molecule has 3 rings (SSSR count). The number of hydrogen-bond donors (Lipinski definition) is 2. The second-order valence-electron chi connectivity index (χ2n) is 8.49. The summed E-state index contributed by atoms with van der Waals surface area (Å²) in [6.45, 7) is 8.79. The highest BCUT2D eigenvalue weighted by Gasteiger charge is 2.29. The molecule has 1 unspecified atom stereocenters. The van der Waals surface area contributed by atoms with Crippen LogP contribution in [0.2, 0.25) is 0 Å². The van der Waals surface area contributed by atoms with Crippen LogP contribution < -0.4 is 10.6 Å². The van der Waals surface area contributed by atoms with Crippen LogP contribution in [0.5, 0.6) is 0 Å². The van der Waals surface area contributed by atoms with Gasteiger partial charge in [-0.1, -0.05) is 6.07 Å². The van der Waals surface area contributed by atoms with Gasteiger partial charge in [0.15, 0.2) is 0 Å². The average Bonchev–Trinajstić information content (AvgIpc) is 2.63. The monoisotopic (exact) mass is 368 g/mol. The zero-order chi connectivity index (χ0) is 19.6. The number of carbonyl (C=O) groups excluding carboxylic acids is 2. The number of amides is 2. The first-order chi connectivity index (χ1) is 12.8. The van der Waals surface area contributed by atoms with Gasteiger partial charge in [0.2, 0.25) is 11.8 Å². The highest BCUT2D eigenvalue weighted by molar-refractivity contribution is 6.01. The Bertz CT molecular complexity index is 767. The molecule has 0 radical (unpaired) electrons. The van der Waals surface area contributed by atoms with E-state index in [4.69, 9.17) is 0 Å². The van der Waals surface area contributed by atoms with Gasteiger partial charge in [-0.3, -0.25) is 19.8 Å². The predicted molar refractivity (Wildman–Crippen MR) is 104 cm³/mol. The zero-order valence-electron chi connectivity index (χ0n) is 16.3. The van der Waals surface area contributed by atoms with Crippen LogP contribution in [0.4, 0.5) is 5.69 Å². The van der Waals surface area contributed by atoms with Crippen LogP contribution in [0.15, 0.2) is 18.2 Å². The topological polar surface area (TPSA) is 85.2 Å². The van der Waals surface area contributed by atoms with Crippen molar-refractivity contribution in [3.63, 3.8) is 0 Å². The van der Waals surface area contributed by atoms with E-state index in [0.717, 1.165) is 37.2 Å². The molecule has 1 atom stereocenters. The van der Waals surface area contributed by atoms with E-state index in [1.165, 1.54) is 0 Å². The van der Waals surface area contributed by atoms with E-state index in [1.54, 1.807) is 0 Å². The Morgan fingerprint density at radius 3 is 2.48 bits per heavy atom. The van der Waals surface area contributed by atoms with Crippen molar-refractivity contribution in [1.82, 2.24) is 10.2 Å². The van der Waals surface area contributed by atoms with Gasteiger partial charge in [-0.05, 0) is 76.7 Å². The van der Waals surface area contributed by atoms with Crippen LogP contribution in [0.1, 0.15) is 63.5 Å². The molecule has 2 N–H and O–H groups in total. The molecule has 2 heterocycles. The summed E-state index contributed by atoms with van der Waals surface area (Å²) in [5.41, 5.74) is 2.69. The fourth-order valence-electron chi connectivity index (χ4n) is 3.99. The highest BCUT2D eigenvalue weighted by Crippen LogP contribution is 2.33. The van der Waals surface area contributed by atoms with E-state index < -0.39 is 6.04 Å². The summed E-state index contributed by atoms with van der Waals surface area (Å²) in [5.74, 6) is -0.140. The second-order valence-corrected chi connectivity index (χ2v) is 8.49. The molecule has 1 aromatic rings. The number of carbonyl (C=O) groups is 2. The summed E-state index contributed by atoms with van der Waals surface area (Å²) in [6.07, 6.45) is 2.90. The summed E-state index contributed by atoms with van der Waals surface area (Å²) in [6, 6.07) is 7.67. The van der Waals surface area contributed by atoms with Crippen LogP contribution in [-0.2, 0) is 9.59 Å². The van der Waals surface area contributed by atoms with Crippen molar-refractivity contribution in [3.05, 3.63) is 29.3 Å². The lowest BCUT2D eigenvalue weighted by Gasteiger charge is -2.41. The number of nitrogens with one attached hydrogen (secondary N) is 2. The molecule has 2 aliphatic heterocycles. The van der Waals surface area contributed by atoms with Gasteiger partial charge in [0.1, 0.15) is 6.04 Å². The molecule has 0 bridgehead atoms. The Morgan fingerprint density at radius 2 is 1.89 bits per heavy atom. The third kappa shape index (κ3) is 4.48. The first-order valence-corrected chi connectivity index (χ1v) is 9.67. The minimum Gasteiger partial charge on any atom is -0.374 e. The van der Waals surface area contributed by atoms with Gasteiger partial charge in [0.05, 0.1) is 11.6 Å². The molecule has 0 aliphatic carbocycles. The maximum atomic E-state index is 11.9. The van der Waals surface area contributed by atoms with Crippen LogP contribution in [0, 0.1) is 11.3 Å². The van der Waals surface area contributed by atoms with Gasteiger partial charge in [-0.25, -0.2) is 0 Å². The minimum atomic E-state index is -0.435. The number of imide groups is 1. The van der Waals surface area contributed by atoms with Crippen LogP contribution in [0.25, 0.3) is 0 Å². The molecule has 2 amide bonds. The van der Waals surface area contributed by atoms with Gasteiger partial charge in [0, 0.05) is 17.6 Å². The van der Waals surface area contributed by atoms with Crippen molar-refractivity contribution in [1.29, 1.82) is 5.26 Å². The number of benzene rings is 1. The molecule has 1 aromatic carbocycles. The first-order valence-electron chi connectivity index (χ1n) is 9.67. The maximum absolute atomic E-state index is 11.9. The summed E-state index contributed by atoms with van der Waals surface area (Å²) in [5, 5.41) is 15.1. The first kappa shape index (κ1) is 19.4. The van der Waals surface area contributed by atoms with Gasteiger partial charge in [-0.2, -0.15) is 5.26 Å². The summed E-state index contributed by atoms with van der Waals surface area (Å²) >= 11 is 0. The smallest absolute Gasteiger partial charge is 0.249 e. The van der Waals surface area contributed by atoms with Crippen molar-refractivity contribution >= 4 is 17.5 Å². The van der Waals surface area contributed by atoms with Crippen LogP contribution in [-0.4, -0.2) is 41.4 Å². The van der Waals surface area contributed by atoms with E-state index in [-0.39, 0.29) is 17.4 Å². The van der Waals surface area contributed by atoms with E-state index in [2.05, 4.69) is 42.4 Å². The lowest BCUT2D eigenvalue weighted by atomic mass is 9.85. The molecule has 6 nitrogen and oxygen atoms in total. The standard InChI is InChI=1S/C21H28N4O2/c1-21(2,3)25-10-8-14(9-11-25)17-5-4-16(12-15(17)13-22)23-18-6-7-19(26)24-20(18)27/h4-5,12,14,18,23H,6-11H2,1-3H3,(H,24,26,27). The average molecular weight is 368 g/mol. The lowest BCUT2D eigenvalue weighted by Crippen LogP contribution is -2.47. The van der Waals surface area contributed by atoms with Crippen LogP contribution in [0.3, 0.4) is 0 Å². The normalized spacial score (nSPS) is 22.2. The van der Waals surface area contributed by atoms with Crippen molar-refractivity contribution in [3.8, 4) is 6.07 Å². The van der Waals surface area contributed by atoms with Crippen molar-refractivity contribution in [2.24, 2.45) is 0 Å². The summed E-state index contributed by atoms with van der Waals surface area (Å²) < 4.78 is 0. The summed E-state index contributed by atoms with van der Waals surface area (Å²) in [4.78, 5) is 25.7. The second kappa shape index (κ2) is 7.69. The number of rotatable bonds is 3. The Kier molecular flexibility index (Phi) is 5.52. The third-order valence-electron chi connectivity index (χ3n) is 5.64. The number of anilines is 1. The molecule has 2 fully saturated rings. The van der Waals surface area contributed by atoms with Gasteiger partial charge >= 0.3 is 0 Å². The Morgan fingerprint density at radius 1 is 1.19 bits per heavy atom. The number of nitriles is 1. The quantitative estimate of drug-likeness (QED) is 0.802. The van der Waals surface area contributed by atoms with E-state index in [1.807, 2.05) is 18.2 Å². The summed E-state index contributed by atoms with van der Waals surface area (Å²) in [7, 11) is 0. The Balaban J connectivity index is 1.69. The minimum absolute atomic E-state index is 0.179. The van der Waals surface area contributed by atoms with E-state index in [9.17, 15) is 14.9 Å². The fourth-order valence-corrected chi connectivity index (χ4v) is 3.99. The molecule has 6 heteroatoms. The highest BCUT2D eigenvalue weighted by atomic mass is 16.2. The van der Waals surface area contributed by atoms with Crippen molar-refractivity contribution < 1.29 is 9.59 Å². The number of piperidine rings is 2. The molecule has 0 spiro atoms.